The molecule has 228 valence electrons. The van der Waals surface area contributed by atoms with Crippen molar-refractivity contribution in [2.24, 2.45) is 0 Å². The quantitative estimate of drug-likeness (QED) is 0.223. The normalized spacial score (nSPS) is 13.6. The lowest BCUT2D eigenvalue weighted by Crippen LogP contribution is -2.46. The molecule has 1 aliphatic heterocycles. The van der Waals surface area contributed by atoms with Gasteiger partial charge in [0.25, 0.3) is 5.91 Å². The Bertz CT molecular complexity index is 1960. The van der Waals surface area contributed by atoms with Crippen molar-refractivity contribution in [2.75, 3.05) is 36.4 Å². The van der Waals surface area contributed by atoms with Gasteiger partial charge in [0.15, 0.2) is 0 Å². The van der Waals surface area contributed by atoms with Crippen LogP contribution in [-0.4, -0.2) is 52.6 Å². The van der Waals surface area contributed by atoms with Gasteiger partial charge < -0.3 is 19.9 Å². The molecule has 2 heterocycles. The maximum Gasteiger partial charge on any atom is 0.341 e. The number of halogens is 3. The molecule has 6 rings (SSSR count). The number of hydrogen-bond acceptors (Lipinski definition) is 5. The molecule has 4 aromatic carbocycles. The number of fused-ring (bicyclic) bond motifs is 1. The minimum Gasteiger partial charge on any atom is -0.477 e. The molecule has 1 saturated heterocycles. The predicted octanol–water partition coefficient (Wildman–Crippen LogP) is 6.20. The van der Waals surface area contributed by atoms with E-state index in [9.17, 15) is 23.9 Å². The van der Waals surface area contributed by atoms with Gasteiger partial charge in [-0.15, -0.1) is 0 Å². The molecule has 1 aliphatic rings. The van der Waals surface area contributed by atoms with E-state index in [-0.39, 0.29) is 17.0 Å². The number of aromatic carboxylic acids is 1. The van der Waals surface area contributed by atoms with Crippen LogP contribution in [0.2, 0.25) is 5.02 Å². The van der Waals surface area contributed by atoms with E-state index in [1.807, 2.05) is 17.0 Å². The Hall–Kier alpha value is -5.06. The zero-order valence-corrected chi connectivity index (χ0v) is 24.6. The highest BCUT2D eigenvalue weighted by atomic mass is 35.5. The Morgan fingerprint density at radius 3 is 2.18 bits per heavy atom. The summed E-state index contributed by atoms with van der Waals surface area (Å²) in [6, 6.07) is 22.3. The monoisotopic (exact) mass is 628 g/mol. The molecular formula is C34H27ClF2N4O4. The fourth-order valence-electron chi connectivity index (χ4n) is 5.45. The van der Waals surface area contributed by atoms with E-state index in [4.69, 9.17) is 11.6 Å². The number of pyridine rings is 1. The first-order valence-electron chi connectivity index (χ1n) is 14.2. The van der Waals surface area contributed by atoms with E-state index >= 15 is 4.39 Å². The molecule has 1 aromatic heterocycles. The highest BCUT2D eigenvalue weighted by molar-refractivity contribution is 6.30. The van der Waals surface area contributed by atoms with Gasteiger partial charge in [0, 0.05) is 66.3 Å². The molecule has 8 nitrogen and oxygen atoms in total. The SMILES string of the molecule is O=C(Nc1ccc(Cl)cc1)c1ccc(CN2CCN(c3cc4c(cc3F)c(=O)c(C(=O)O)cn4-c3ccc(F)cc3)CC2)cc1. The van der Waals surface area contributed by atoms with Crippen LogP contribution in [0.25, 0.3) is 16.6 Å². The van der Waals surface area contributed by atoms with Gasteiger partial charge in [-0.3, -0.25) is 14.5 Å². The summed E-state index contributed by atoms with van der Waals surface area (Å²) >= 11 is 5.91. The van der Waals surface area contributed by atoms with Crippen LogP contribution in [0.15, 0.2) is 95.9 Å². The Morgan fingerprint density at radius 2 is 1.53 bits per heavy atom. The smallest absolute Gasteiger partial charge is 0.341 e. The average Bonchev–Trinajstić information content (AvgIpc) is 3.03. The van der Waals surface area contributed by atoms with Crippen LogP contribution in [0.3, 0.4) is 0 Å². The molecule has 0 unspecified atom stereocenters. The predicted molar refractivity (Wildman–Crippen MR) is 170 cm³/mol. The fraction of sp³-hybridized carbons (Fsp3) is 0.147. The minimum atomic E-state index is -1.44. The largest absolute Gasteiger partial charge is 0.477 e. The first-order valence-corrected chi connectivity index (χ1v) is 14.6. The number of nitrogens with one attached hydrogen (secondary N) is 1. The van der Waals surface area contributed by atoms with Crippen molar-refractivity contribution in [3.63, 3.8) is 0 Å². The summed E-state index contributed by atoms with van der Waals surface area (Å²) in [5.41, 5.74) is 1.94. The second kappa shape index (κ2) is 12.5. The third-order valence-corrected chi connectivity index (χ3v) is 8.10. The number of carbonyl (C=O) groups excluding carboxylic acids is 1. The van der Waals surface area contributed by atoms with Crippen LogP contribution in [0.1, 0.15) is 26.3 Å². The van der Waals surface area contributed by atoms with Crippen LogP contribution >= 0.6 is 11.6 Å². The molecule has 0 aliphatic carbocycles. The fourth-order valence-corrected chi connectivity index (χ4v) is 5.57. The van der Waals surface area contributed by atoms with Gasteiger partial charge in [0.1, 0.15) is 17.2 Å². The molecular weight excluding hydrogens is 602 g/mol. The number of hydrogen-bond donors (Lipinski definition) is 2. The first-order chi connectivity index (χ1) is 21.7. The number of aromatic nitrogens is 1. The van der Waals surface area contributed by atoms with E-state index < -0.39 is 28.6 Å². The molecule has 0 atom stereocenters. The zero-order chi connectivity index (χ0) is 31.7. The molecule has 5 aromatic rings. The lowest BCUT2D eigenvalue weighted by atomic mass is 10.1. The molecule has 11 heteroatoms. The van der Waals surface area contributed by atoms with Crippen LogP contribution in [0, 0.1) is 11.6 Å². The number of piperazine rings is 1. The van der Waals surface area contributed by atoms with Gasteiger partial charge in [-0.2, -0.15) is 0 Å². The van der Waals surface area contributed by atoms with E-state index in [1.54, 1.807) is 42.5 Å². The topological polar surface area (TPSA) is 94.9 Å². The number of benzene rings is 4. The maximum absolute atomic E-state index is 15.5. The summed E-state index contributed by atoms with van der Waals surface area (Å²) in [6.45, 7) is 2.95. The van der Waals surface area contributed by atoms with Crippen molar-refractivity contribution in [3.8, 4) is 5.69 Å². The zero-order valence-electron chi connectivity index (χ0n) is 23.8. The molecule has 2 N–H and O–H groups in total. The summed E-state index contributed by atoms with van der Waals surface area (Å²) in [7, 11) is 0. The third kappa shape index (κ3) is 6.43. The standard InChI is InChI=1S/C34H27ClF2N4O4/c35-23-5-9-25(10-6-23)38-33(43)22-3-1-21(2-4-22)19-39-13-15-40(16-14-39)31-18-30-27(17-29(31)37)32(42)28(34(44)45)20-41(30)26-11-7-24(36)8-12-26/h1-12,17-18,20H,13-16,19H2,(H,38,43)(H,44,45). The summed E-state index contributed by atoms with van der Waals surface area (Å²) in [5, 5.41) is 12.9. The van der Waals surface area contributed by atoms with Crippen molar-refractivity contribution >= 4 is 45.8 Å². The van der Waals surface area contributed by atoms with Crippen molar-refractivity contribution in [3.05, 3.63) is 135 Å². The lowest BCUT2D eigenvalue weighted by molar-refractivity contribution is 0.0694. The van der Waals surface area contributed by atoms with E-state index in [1.165, 1.54) is 35.0 Å². The second-order valence-electron chi connectivity index (χ2n) is 10.8. The highest BCUT2D eigenvalue weighted by Gasteiger charge is 2.23. The Balaban J connectivity index is 1.17. The van der Waals surface area contributed by atoms with Crippen molar-refractivity contribution in [1.29, 1.82) is 0 Å². The van der Waals surface area contributed by atoms with Crippen LogP contribution in [-0.2, 0) is 6.54 Å². The molecule has 0 bridgehead atoms. The molecule has 45 heavy (non-hydrogen) atoms. The Kier molecular flexibility index (Phi) is 8.34. The number of amides is 1. The van der Waals surface area contributed by atoms with Crippen LogP contribution < -0.4 is 15.6 Å². The van der Waals surface area contributed by atoms with Crippen molar-refractivity contribution in [1.82, 2.24) is 9.47 Å². The minimum absolute atomic E-state index is 0.0793. The number of nitrogens with zero attached hydrogens (tertiary/aromatic N) is 3. The van der Waals surface area contributed by atoms with E-state index in [0.717, 1.165) is 11.6 Å². The van der Waals surface area contributed by atoms with E-state index in [0.29, 0.717) is 60.2 Å². The molecule has 0 saturated carbocycles. The molecule has 0 radical (unpaired) electrons. The first kappa shape index (κ1) is 30.0. The maximum atomic E-state index is 15.5. The summed E-state index contributed by atoms with van der Waals surface area (Å²) in [6.07, 6.45) is 1.19. The van der Waals surface area contributed by atoms with Gasteiger partial charge in [-0.05, 0) is 78.4 Å². The van der Waals surface area contributed by atoms with Crippen LogP contribution in [0.4, 0.5) is 20.2 Å². The number of carboxylic acid groups (broad SMARTS) is 1. The summed E-state index contributed by atoms with van der Waals surface area (Å²) < 4.78 is 30.6. The number of carboxylic acids is 1. The Morgan fingerprint density at radius 1 is 0.867 bits per heavy atom. The van der Waals surface area contributed by atoms with Gasteiger partial charge >= 0.3 is 5.97 Å². The van der Waals surface area contributed by atoms with Crippen LogP contribution in [0.5, 0.6) is 0 Å². The summed E-state index contributed by atoms with van der Waals surface area (Å²) in [5.74, 6) is -2.76. The molecule has 1 fully saturated rings. The van der Waals surface area contributed by atoms with E-state index in [2.05, 4.69) is 10.2 Å². The van der Waals surface area contributed by atoms with Gasteiger partial charge in [0.05, 0.1) is 11.2 Å². The Labute approximate surface area is 261 Å². The highest BCUT2D eigenvalue weighted by Crippen LogP contribution is 2.28. The second-order valence-corrected chi connectivity index (χ2v) is 11.2. The van der Waals surface area contributed by atoms with Gasteiger partial charge in [-0.25, -0.2) is 13.6 Å². The van der Waals surface area contributed by atoms with Crippen molar-refractivity contribution in [2.45, 2.75) is 6.54 Å². The molecule has 0 spiro atoms. The number of anilines is 2. The van der Waals surface area contributed by atoms with Gasteiger partial charge in [0.2, 0.25) is 5.43 Å². The number of rotatable bonds is 7. The molecule has 1 amide bonds. The lowest BCUT2D eigenvalue weighted by Gasteiger charge is -2.36. The number of carbonyl (C=O) groups is 2. The van der Waals surface area contributed by atoms with Crippen molar-refractivity contribution < 1.29 is 23.5 Å². The van der Waals surface area contributed by atoms with Gasteiger partial charge in [-0.1, -0.05) is 23.7 Å². The summed E-state index contributed by atoms with van der Waals surface area (Å²) in [4.78, 5) is 41.5. The third-order valence-electron chi connectivity index (χ3n) is 7.84. The average molecular weight is 629 g/mol.